The minimum Gasteiger partial charge on any atom is -0.341 e. The first-order valence-electron chi connectivity index (χ1n) is 8.72. The molecule has 1 atom stereocenters. The molecule has 1 aromatic carbocycles. The van der Waals surface area contributed by atoms with Gasteiger partial charge in [-0.05, 0) is 36.8 Å². The van der Waals surface area contributed by atoms with Gasteiger partial charge in [-0.3, -0.25) is 4.79 Å². The van der Waals surface area contributed by atoms with E-state index in [2.05, 4.69) is 43.0 Å². The molecule has 0 aromatic heterocycles. The van der Waals surface area contributed by atoms with Gasteiger partial charge >= 0.3 is 0 Å². The van der Waals surface area contributed by atoms with Gasteiger partial charge in [0.05, 0.1) is 4.75 Å². The summed E-state index contributed by atoms with van der Waals surface area (Å²) in [4.78, 5) is 16.7. The summed E-state index contributed by atoms with van der Waals surface area (Å²) in [6.07, 6.45) is 5.21. The monoisotopic (exact) mass is 332 g/mol. The third kappa shape index (κ3) is 3.43. The van der Waals surface area contributed by atoms with Crippen molar-refractivity contribution in [1.82, 2.24) is 4.90 Å². The second kappa shape index (κ2) is 6.48. The fourth-order valence-electron chi connectivity index (χ4n) is 3.86. The molecular formula is C19H28N2OS. The van der Waals surface area contributed by atoms with Crippen molar-refractivity contribution in [3.05, 3.63) is 30.3 Å². The van der Waals surface area contributed by atoms with Gasteiger partial charge in [-0.25, -0.2) is 0 Å². The summed E-state index contributed by atoms with van der Waals surface area (Å²) in [5.74, 6) is 0.337. The molecule has 1 amide bonds. The average Bonchev–Trinajstić information content (AvgIpc) is 3.00. The van der Waals surface area contributed by atoms with Gasteiger partial charge in [0.2, 0.25) is 5.91 Å². The van der Waals surface area contributed by atoms with Crippen LogP contribution in [0.1, 0.15) is 46.0 Å². The van der Waals surface area contributed by atoms with Gasteiger partial charge in [0, 0.05) is 24.0 Å². The molecule has 2 N–H and O–H groups in total. The number of carbonyl (C=O) groups is 1. The van der Waals surface area contributed by atoms with E-state index in [9.17, 15) is 4.79 Å². The molecule has 1 saturated carbocycles. The Morgan fingerprint density at radius 1 is 1.22 bits per heavy atom. The Bertz CT molecular complexity index is 552. The van der Waals surface area contributed by atoms with Gasteiger partial charge in [-0.2, -0.15) is 0 Å². The molecule has 0 radical (unpaired) electrons. The van der Waals surface area contributed by atoms with Crippen LogP contribution < -0.4 is 5.73 Å². The molecule has 2 aliphatic rings. The van der Waals surface area contributed by atoms with E-state index in [0.29, 0.717) is 5.91 Å². The zero-order valence-electron chi connectivity index (χ0n) is 14.3. The zero-order valence-corrected chi connectivity index (χ0v) is 15.1. The molecule has 1 aliphatic carbocycles. The van der Waals surface area contributed by atoms with E-state index < -0.39 is 0 Å². The van der Waals surface area contributed by atoms with E-state index in [1.54, 1.807) is 11.8 Å². The molecule has 1 heterocycles. The van der Waals surface area contributed by atoms with Crippen molar-refractivity contribution in [3.8, 4) is 0 Å². The van der Waals surface area contributed by atoms with Crippen molar-refractivity contribution >= 4 is 17.7 Å². The number of rotatable bonds is 3. The van der Waals surface area contributed by atoms with Crippen molar-refractivity contribution < 1.29 is 4.79 Å². The normalized spacial score (nSPS) is 26.2. The quantitative estimate of drug-likeness (QED) is 0.918. The summed E-state index contributed by atoms with van der Waals surface area (Å²) in [6, 6.07) is 10.6. The number of thioether (sulfide) groups is 1. The van der Waals surface area contributed by atoms with Gasteiger partial charge in [0.1, 0.15) is 0 Å². The van der Waals surface area contributed by atoms with E-state index in [-0.39, 0.29) is 16.2 Å². The number of likely N-dealkylation sites (tertiary alicyclic amines) is 1. The highest BCUT2D eigenvalue weighted by molar-refractivity contribution is 8.01. The van der Waals surface area contributed by atoms with Crippen LogP contribution >= 0.6 is 11.8 Å². The number of nitrogens with zero attached hydrogens (tertiary/aromatic N) is 1. The second-order valence-corrected chi connectivity index (χ2v) is 9.18. The van der Waals surface area contributed by atoms with Gasteiger partial charge in [0.15, 0.2) is 0 Å². The third-order valence-corrected chi connectivity index (χ3v) is 6.94. The molecule has 23 heavy (non-hydrogen) atoms. The third-order valence-electron chi connectivity index (χ3n) is 5.46. The van der Waals surface area contributed by atoms with Crippen LogP contribution in [0.4, 0.5) is 0 Å². The second-order valence-electron chi connectivity index (χ2n) is 7.73. The van der Waals surface area contributed by atoms with Gasteiger partial charge in [0.25, 0.3) is 0 Å². The first-order chi connectivity index (χ1) is 10.9. The minimum absolute atomic E-state index is 0.00508. The predicted molar refractivity (Wildman–Crippen MR) is 96.5 cm³/mol. The van der Waals surface area contributed by atoms with Crippen LogP contribution in [-0.4, -0.2) is 34.7 Å². The summed E-state index contributed by atoms with van der Waals surface area (Å²) >= 11 is 1.78. The smallest absolute Gasteiger partial charge is 0.239 e. The zero-order chi connectivity index (χ0) is 16.5. The highest BCUT2D eigenvalue weighted by Gasteiger charge is 2.47. The highest BCUT2D eigenvalue weighted by Crippen LogP contribution is 2.47. The van der Waals surface area contributed by atoms with E-state index in [0.717, 1.165) is 45.2 Å². The Morgan fingerprint density at radius 2 is 1.87 bits per heavy atom. The van der Waals surface area contributed by atoms with Crippen molar-refractivity contribution in [2.45, 2.75) is 61.6 Å². The molecule has 0 spiro atoms. The predicted octanol–water partition coefficient (Wildman–Crippen LogP) is 3.68. The van der Waals surface area contributed by atoms with E-state index in [4.69, 9.17) is 5.73 Å². The van der Waals surface area contributed by atoms with E-state index >= 15 is 0 Å². The molecule has 2 fully saturated rings. The van der Waals surface area contributed by atoms with Crippen LogP contribution in [0.2, 0.25) is 0 Å². The first kappa shape index (κ1) is 16.8. The molecule has 0 bridgehead atoms. The Kier molecular flexibility index (Phi) is 4.75. The van der Waals surface area contributed by atoms with Crippen LogP contribution in [0.3, 0.4) is 0 Å². The topological polar surface area (TPSA) is 46.3 Å². The number of carbonyl (C=O) groups excluding carboxylic acids is 1. The van der Waals surface area contributed by atoms with Gasteiger partial charge in [-0.1, -0.05) is 44.9 Å². The molecule has 1 aliphatic heterocycles. The standard InChI is InChI=1S/C19H28N2OS/c1-18(2)14-21(13-10-16(18)20)17(22)19(11-6-7-12-19)23-15-8-4-3-5-9-15/h3-5,8-9,16H,6-7,10-14,20H2,1-2H3. The van der Waals surface area contributed by atoms with Crippen LogP contribution in [0.25, 0.3) is 0 Å². The maximum atomic E-state index is 13.4. The number of amides is 1. The van der Waals surface area contributed by atoms with Crippen molar-refractivity contribution in [3.63, 3.8) is 0 Å². The summed E-state index contributed by atoms with van der Waals surface area (Å²) in [5.41, 5.74) is 6.25. The molecule has 3 rings (SSSR count). The van der Waals surface area contributed by atoms with Crippen molar-refractivity contribution in [1.29, 1.82) is 0 Å². The van der Waals surface area contributed by atoms with Crippen LogP contribution in [0.15, 0.2) is 35.2 Å². The lowest BCUT2D eigenvalue weighted by atomic mass is 9.79. The highest BCUT2D eigenvalue weighted by atomic mass is 32.2. The molecule has 126 valence electrons. The van der Waals surface area contributed by atoms with Crippen molar-refractivity contribution in [2.75, 3.05) is 13.1 Å². The molecule has 4 heteroatoms. The lowest BCUT2D eigenvalue weighted by molar-refractivity contribution is -0.137. The van der Waals surface area contributed by atoms with Crippen LogP contribution in [0.5, 0.6) is 0 Å². The number of hydrogen-bond donors (Lipinski definition) is 1. The summed E-state index contributed by atoms with van der Waals surface area (Å²) in [6.45, 7) is 5.95. The fraction of sp³-hybridized carbons (Fsp3) is 0.632. The first-order valence-corrected chi connectivity index (χ1v) is 9.54. The molecular weight excluding hydrogens is 304 g/mol. The lowest BCUT2D eigenvalue weighted by Crippen LogP contribution is -2.57. The van der Waals surface area contributed by atoms with Crippen LogP contribution in [-0.2, 0) is 4.79 Å². The van der Waals surface area contributed by atoms with E-state index in [1.807, 2.05) is 6.07 Å². The fourth-order valence-corrected chi connectivity index (χ4v) is 5.31. The SMILES string of the molecule is CC1(C)CN(C(=O)C2(Sc3ccccc3)CCCC2)CCC1N. The number of piperidine rings is 1. The van der Waals surface area contributed by atoms with Crippen LogP contribution in [0, 0.1) is 5.41 Å². The lowest BCUT2D eigenvalue weighted by Gasteiger charge is -2.45. The van der Waals surface area contributed by atoms with E-state index in [1.165, 1.54) is 4.90 Å². The Hall–Kier alpha value is -1.00. The summed E-state index contributed by atoms with van der Waals surface area (Å²) in [7, 11) is 0. The van der Waals surface area contributed by atoms with Gasteiger partial charge in [-0.15, -0.1) is 11.8 Å². The Balaban J connectivity index is 1.79. The summed E-state index contributed by atoms with van der Waals surface area (Å²) < 4.78 is -0.265. The molecule has 1 aromatic rings. The Morgan fingerprint density at radius 3 is 2.48 bits per heavy atom. The maximum Gasteiger partial charge on any atom is 0.239 e. The van der Waals surface area contributed by atoms with Crippen molar-refractivity contribution in [2.24, 2.45) is 11.1 Å². The number of nitrogens with two attached hydrogens (primary N) is 1. The number of hydrogen-bond acceptors (Lipinski definition) is 3. The molecule has 1 saturated heterocycles. The average molecular weight is 333 g/mol. The molecule has 1 unspecified atom stereocenters. The largest absolute Gasteiger partial charge is 0.341 e. The minimum atomic E-state index is -0.265. The number of benzene rings is 1. The van der Waals surface area contributed by atoms with Gasteiger partial charge < -0.3 is 10.6 Å². The molecule has 3 nitrogen and oxygen atoms in total. The summed E-state index contributed by atoms with van der Waals surface area (Å²) in [5, 5.41) is 0. The Labute approximate surface area is 144 Å². The maximum absolute atomic E-state index is 13.4.